The maximum absolute atomic E-state index is 14.9. The zero-order valence-corrected chi connectivity index (χ0v) is 75.3. The molecule has 6 heterocycles. The number of benzene rings is 2. The van der Waals surface area contributed by atoms with Gasteiger partial charge in [0, 0.05) is 90.7 Å². The summed E-state index contributed by atoms with van der Waals surface area (Å²) < 4.78 is 94.7. The van der Waals surface area contributed by atoms with E-state index < -0.39 is 96.2 Å². The van der Waals surface area contributed by atoms with E-state index in [2.05, 4.69) is 25.6 Å². The molecular weight excluding hydrogens is 1630 g/mol. The van der Waals surface area contributed by atoms with Crippen LogP contribution in [-0.2, 0) is 108 Å². The van der Waals surface area contributed by atoms with Gasteiger partial charge in [0.1, 0.15) is 53.8 Å². The molecule has 5 aromatic rings. The van der Waals surface area contributed by atoms with Crippen LogP contribution in [0.1, 0.15) is 143 Å². The number of amides is 3. The van der Waals surface area contributed by atoms with Crippen molar-refractivity contribution in [1.29, 1.82) is 0 Å². The van der Waals surface area contributed by atoms with Crippen molar-refractivity contribution in [2.24, 2.45) is 35.5 Å². The lowest BCUT2D eigenvalue weighted by molar-refractivity contribution is -0.265. The second kappa shape index (κ2) is 52.8. The molecular formula is C92H136N10O24. The summed E-state index contributed by atoms with van der Waals surface area (Å²) in [7, 11) is 6.14. The van der Waals surface area contributed by atoms with Gasteiger partial charge in [-0.1, -0.05) is 95.3 Å². The van der Waals surface area contributed by atoms with E-state index in [0.717, 1.165) is 22.3 Å². The third-order valence-corrected chi connectivity index (χ3v) is 23.8. The summed E-state index contributed by atoms with van der Waals surface area (Å²) >= 11 is 0. The topological polar surface area (TPSA) is 430 Å². The minimum atomic E-state index is -2.46. The van der Waals surface area contributed by atoms with Crippen molar-refractivity contribution in [2.45, 2.75) is 206 Å². The number of carbonyl (C=O) groups is 6. The largest absolute Gasteiger partial charge is 0.460 e. The lowest BCUT2D eigenvalue weighted by atomic mass is 9.78. The molecule has 3 amide bonds. The van der Waals surface area contributed by atoms with Crippen LogP contribution in [0.5, 0.6) is 0 Å². The Bertz CT molecular complexity index is 4330. The van der Waals surface area contributed by atoms with E-state index in [0.29, 0.717) is 209 Å². The molecule has 2 bridgehead atoms. The Morgan fingerprint density at radius 2 is 1.32 bits per heavy atom. The first-order valence-electron chi connectivity index (χ1n) is 44.4. The third kappa shape index (κ3) is 30.8. The predicted molar refractivity (Wildman–Crippen MR) is 469 cm³/mol. The molecule has 1 saturated carbocycles. The van der Waals surface area contributed by atoms with Crippen LogP contribution >= 0.6 is 0 Å². The molecule has 9 rings (SSSR count). The standard InChI is InChI=1S/C92H136N10O24/c1-59-17-13-12-14-18-60(2)75(111-8)54-70-27-20-65(7)92(110,126-70)85(106)88(107)101-32-16-15-19-72(101)89(108)123-77(55-76(112-9)61(3)50-64(6)83(105)84(114-11)82(104)63(5)49-59)62(4)51-68-25-28-74(78(52-68)113-10)125-91(109)95-31-34-116-36-38-118-40-42-120-44-46-122-48-47-121-45-43-119-41-39-117-37-35-115-33-30-79(103)96-56-66-21-23-67(24-22-66)57-102-87-80(86(93)97-58-98-87)81(100-102)69-26-29-73-71(53-69)99-90(94)124-73/h12-14,17-18,21-24,26,29,50,53,58-59,61-63,65,68,70,72,74-78,83-84,105,110H,15-16,19-20,25,27-28,30-49,51-52,54-57H2,1-11H3,(H2,94,99)(H,95,109)(H,96,103)(H2,93,97,98)/b14-12+,17-13+,60-18+,64-50+/t59-,61-,62-,63-,65-,68+,70+,72+,74?,75+,76-,77+,78-,83-,84+,92-/m1/s1. The van der Waals surface area contributed by atoms with Crippen LogP contribution in [0, 0.1) is 35.5 Å². The van der Waals surface area contributed by atoms with Gasteiger partial charge in [0.2, 0.25) is 11.7 Å². The van der Waals surface area contributed by atoms with Gasteiger partial charge in [-0.15, -0.1) is 0 Å². The summed E-state index contributed by atoms with van der Waals surface area (Å²) in [6.07, 6.45) is 12.2. The maximum Gasteiger partial charge on any atom is 0.407 e. The SMILES string of the molecule is CO[C@H]1C[C@@H]2CC[C@@H](C)[C@@](O)(O2)C(=O)C(=O)N2CCCC[C@H]2C(=O)O[C@H]([C@H](C)C[C@@H]2CCC(OC(=O)NCCOCCOCCOCCOCCOCCOCCOCCOCCC(=O)NCc3ccc(Cn4nc(-c5ccc6oc(N)nc6c5)c5c(N)ncnc54)cc3)[C@H](OC)C2)C[C@@H](OC)[C@H](C)/C=C(\C)[C@@H](O)[C@@H](OC)C(=O)[C@H](C)C[C@H](C)/C=C/C=C/C=C/1C. The Morgan fingerprint density at radius 1 is 0.675 bits per heavy atom. The Labute approximate surface area is 739 Å². The average Bonchev–Trinajstić information content (AvgIpc) is 1.11. The van der Waals surface area contributed by atoms with Crippen LogP contribution in [-0.4, -0.2) is 283 Å². The highest BCUT2D eigenvalue weighted by molar-refractivity contribution is 6.39. The van der Waals surface area contributed by atoms with Crippen molar-refractivity contribution in [3.05, 3.63) is 108 Å². The number of aliphatic hydroxyl groups excluding tert-OH is 1. The molecule has 34 heteroatoms. The predicted octanol–water partition coefficient (Wildman–Crippen LogP) is 9.36. The van der Waals surface area contributed by atoms with Gasteiger partial charge in [-0.2, -0.15) is 10.1 Å². The highest BCUT2D eigenvalue weighted by Crippen LogP contribution is 2.40. The van der Waals surface area contributed by atoms with E-state index in [1.807, 2.05) is 107 Å². The molecule has 1 aliphatic carbocycles. The summed E-state index contributed by atoms with van der Waals surface area (Å²) in [5, 5.41) is 35.2. The molecule has 0 spiro atoms. The molecule has 0 radical (unpaired) electrons. The van der Waals surface area contributed by atoms with E-state index in [1.54, 1.807) is 45.9 Å². The quantitative estimate of drug-likeness (QED) is 0.00920. The van der Waals surface area contributed by atoms with Crippen LogP contribution in [0.15, 0.2) is 101 Å². The number of Topliss-reactive ketones (excluding diaryl/α,β-unsaturated/α-hetero) is 2. The number of alkyl carbamates (subject to hydrolysis) is 1. The highest BCUT2D eigenvalue weighted by Gasteiger charge is 2.53. The normalized spacial score (nSPS) is 27.1. The van der Waals surface area contributed by atoms with E-state index in [4.69, 9.17) is 92.0 Å². The smallest absolute Gasteiger partial charge is 0.407 e. The summed E-state index contributed by atoms with van der Waals surface area (Å²) in [6, 6.07) is 12.3. The average molecular weight is 1770 g/mol. The molecule has 1 unspecified atom stereocenters. The van der Waals surface area contributed by atoms with Crippen LogP contribution in [0.3, 0.4) is 0 Å². The Kier molecular flexibility index (Phi) is 42.4. The molecule has 3 aliphatic heterocycles. The number of nitrogens with two attached hydrogens (primary N) is 2. The number of piperidine rings is 1. The molecule has 8 N–H and O–H groups in total. The van der Waals surface area contributed by atoms with E-state index in [1.165, 1.54) is 18.3 Å². The summed E-state index contributed by atoms with van der Waals surface area (Å²) in [5.41, 5.74) is 18.5. The van der Waals surface area contributed by atoms with Crippen LogP contribution in [0.25, 0.3) is 33.4 Å². The van der Waals surface area contributed by atoms with Crippen molar-refractivity contribution >= 4 is 69.4 Å². The van der Waals surface area contributed by atoms with Crippen LogP contribution in [0.4, 0.5) is 16.6 Å². The van der Waals surface area contributed by atoms with Gasteiger partial charge < -0.3 is 113 Å². The van der Waals surface area contributed by atoms with Gasteiger partial charge in [-0.05, 0) is 136 Å². The molecule has 698 valence electrons. The van der Waals surface area contributed by atoms with Crippen LogP contribution < -0.4 is 22.1 Å². The fraction of sp³-hybridized carbons (Fsp3) is 0.652. The van der Waals surface area contributed by atoms with Gasteiger partial charge in [-0.25, -0.2) is 24.2 Å². The summed E-state index contributed by atoms with van der Waals surface area (Å²) in [4.78, 5) is 97.9. The van der Waals surface area contributed by atoms with Crippen molar-refractivity contribution in [3.63, 3.8) is 0 Å². The van der Waals surface area contributed by atoms with Crippen LogP contribution in [0.2, 0.25) is 0 Å². The first-order chi connectivity index (χ1) is 60.8. The number of hydrogen-bond acceptors (Lipinski definition) is 30. The molecule has 3 aromatic heterocycles. The van der Waals surface area contributed by atoms with Crippen molar-refractivity contribution in [3.8, 4) is 11.3 Å². The first kappa shape index (κ1) is 101. The number of aromatic nitrogens is 5. The number of allylic oxidation sites excluding steroid dienone is 5. The Morgan fingerprint density at radius 3 is 1.96 bits per heavy atom. The van der Waals surface area contributed by atoms with E-state index >= 15 is 0 Å². The zero-order chi connectivity index (χ0) is 90.5. The highest BCUT2D eigenvalue weighted by atomic mass is 16.6. The van der Waals surface area contributed by atoms with E-state index in [-0.39, 0.29) is 86.9 Å². The molecule has 16 atom stereocenters. The Hall–Kier alpha value is -8.56. The number of esters is 1. The number of nitrogens with one attached hydrogen (secondary N) is 2. The van der Waals surface area contributed by atoms with Gasteiger partial charge in [-0.3, -0.25) is 19.2 Å². The number of aliphatic hydroxyl groups is 2. The monoisotopic (exact) mass is 1760 g/mol. The number of carbonyl (C=O) groups excluding carboxylic acids is 6. The molecule has 4 aliphatic rings. The minimum absolute atomic E-state index is 0.00817. The molecule has 126 heavy (non-hydrogen) atoms. The second-order valence-electron chi connectivity index (χ2n) is 33.2. The summed E-state index contributed by atoms with van der Waals surface area (Å²) in [5.74, 6) is -7.16. The fourth-order valence-corrected chi connectivity index (χ4v) is 16.5. The van der Waals surface area contributed by atoms with Gasteiger partial charge in [0.25, 0.3) is 17.7 Å². The number of ether oxygens (including phenoxy) is 15. The first-order valence-corrected chi connectivity index (χ1v) is 44.4. The number of methoxy groups -OCH3 is 4. The minimum Gasteiger partial charge on any atom is -0.460 e. The number of anilines is 2. The third-order valence-electron chi connectivity index (χ3n) is 23.8. The zero-order valence-electron chi connectivity index (χ0n) is 75.3. The number of fused-ring (bicyclic) bond motifs is 5. The molecule has 3 fully saturated rings. The lowest BCUT2D eigenvalue weighted by Gasteiger charge is -2.43. The van der Waals surface area contributed by atoms with Crippen molar-refractivity contribution in [2.75, 3.05) is 159 Å². The Balaban J connectivity index is 0.601. The van der Waals surface area contributed by atoms with Gasteiger partial charge >= 0.3 is 12.1 Å². The maximum atomic E-state index is 14.9. The van der Waals surface area contributed by atoms with Gasteiger partial charge in [0.05, 0.1) is 142 Å². The number of nitrogens with zero attached hydrogens (tertiary/aromatic N) is 6. The number of oxazole rings is 1. The van der Waals surface area contributed by atoms with E-state index in [9.17, 15) is 39.0 Å². The second-order valence-corrected chi connectivity index (χ2v) is 33.2. The summed E-state index contributed by atoms with van der Waals surface area (Å²) in [6.45, 7) is 20.0. The van der Waals surface area contributed by atoms with Gasteiger partial charge in [0.15, 0.2) is 17.0 Å². The number of ketones is 2. The number of hydrogen-bond donors (Lipinski definition) is 6. The molecule has 2 saturated heterocycles. The lowest BCUT2D eigenvalue weighted by Crippen LogP contribution is -2.61. The van der Waals surface area contributed by atoms with Crippen molar-refractivity contribution < 1.29 is 114 Å². The van der Waals surface area contributed by atoms with Crippen molar-refractivity contribution in [1.82, 2.24) is 40.3 Å². The number of nitrogen functional groups attached to an aromatic ring is 2. The number of cyclic esters (lactones) is 1. The molecule has 2 aromatic carbocycles. The molecule has 34 nitrogen and oxygen atoms in total. The fourth-order valence-electron chi connectivity index (χ4n) is 16.5. The number of rotatable bonds is 40.